The van der Waals surface area contributed by atoms with Crippen molar-refractivity contribution in [1.29, 1.82) is 0 Å². The lowest BCUT2D eigenvalue weighted by Crippen LogP contribution is -2.45. The molecular formula is C58H93N2O6P. The molecule has 3 unspecified atom stereocenters. The SMILES string of the molecule is CC/C=C\C/C=C\C/C=C\C/C=C\C/C=C\C/C=C\C/C=C\C/C=C\C/C=C\C/C=C\C/C=C\CCCCCC(=O)NC(COP(=O)([O-])OCC[N+](C)(C)C)C(O)/C=C/CC/C=C/CCCC. The molecule has 0 aliphatic carbocycles. The van der Waals surface area contributed by atoms with E-state index >= 15 is 0 Å². The molecule has 67 heavy (non-hydrogen) atoms. The second-order valence-electron chi connectivity index (χ2n) is 17.4. The van der Waals surface area contributed by atoms with Crippen LogP contribution in [0.15, 0.2) is 158 Å². The van der Waals surface area contributed by atoms with E-state index in [2.05, 4.69) is 165 Å². The summed E-state index contributed by atoms with van der Waals surface area (Å²) in [6, 6.07) is -0.930. The van der Waals surface area contributed by atoms with E-state index in [9.17, 15) is 19.4 Å². The fraction of sp³-hybridized carbons (Fsp3) is 0.534. The van der Waals surface area contributed by atoms with Gasteiger partial charge in [-0.15, -0.1) is 0 Å². The van der Waals surface area contributed by atoms with E-state index in [0.717, 1.165) is 122 Å². The van der Waals surface area contributed by atoms with Crippen LogP contribution in [0.25, 0.3) is 0 Å². The summed E-state index contributed by atoms with van der Waals surface area (Å²) >= 11 is 0. The van der Waals surface area contributed by atoms with Gasteiger partial charge in [0.2, 0.25) is 5.91 Å². The molecule has 0 heterocycles. The molecule has 0 saturated heterocycles. The maximum absolute atomic E-state index is 12.8. The molecule has 0 fully saturated rings. The van der Waals surface area contributed by atoms with E-state index in [4.69, 9.17) is 9.05 Å². The van der Waals surface area contributed by atoms with Gasteiger partial charge in [-0.3, -0.25) is 9.36 Å². The first-order valence-corrected chi connectivity index (χ1v) is 26.8. The maximum atomic E-state index is 12.8. The Bertz CT molecular complexity index is 1640. The molecular weight excluding hydrogens is 852 g/mol. The number of nitrogens with zero attached hydrogens (tertiary/aromatic N) is 1. The number of quaternary nitrogens is 1. The number of allylic oxidation sites excluding steroid dienone is 25. The van der Waals surface area contributed by atoms with Crippen molar-refractivity contribution in [1.82, 2.24) is 5.32 Å². The number of hydrogen-bond donors (Lipinski definition) is 2. The Labute approximate surface area is 410 Å². The van der Waals surface area contributed by atoms with Crippen LogP contribution in [-0.2, 0) is 18.4 Å². The number of amides is 1. The summed E-state index contributed by atoms with van der Waals surface area (Å²) in [5.74, 6) is -0.252. The van der Waals surface area contributed by atoms with Crippen LogP contribution in [-0.4, -0.2) is 68.5 Å². The minimum Gasteiger partial charge on any atom is -0.756 e. The highest BCUT2D eigenvalue weighted by Gasteiger charge is 2.23. The van der Waals surface area contributed by atoms with Crippen LogP contribution in [0.2, 0.25) is 0 Å². The molecule has 3 atom stereocenters. The van der Waals surface area contributed by atoms with Gasteiger partial charge in [0, 0.05) is 6.42 Å². The topological polar surface area (TPSA) is 108 Å². The molecule has 2 N–H and O–H groups in total. The Morgan fingerprint density at radius 3 is 1.36 bits per heavy atom. The lowest BCUT2D eigenvalue weighted by atomic mass is 10.1. The van der Waals surface area contributed by atoms with Gasteiger partial charge in [-0.05, 0) is 109 Å². The zero-order chi connectivity index (χ0) is 49.2. The van der Waals surface area contributed by atoms with E-state index in [1.807, 2.05) is 27.2 Å². The average Bonchev–Trinajstić information content (AvgIpc) is 3.29. The van der Waals surface area contributed by atoms with Crippen molar-refractivity contribution in [2.45, 2.75) is 161 Å². The number of carbonyl (C=O) groups excluding carboxylic acids is 1. The maximum Gasteiger partial charge on any atom is 0.268 e. The number of aliphatic hydroxyl groups excluding tert-OH is 1. The van der Waals surface area contributed by atoms with Gasteiger partial charge < -0.3 is 28.8 Å². The van der Waals surface area contributed by atoms with Gasteiger partial charge in [-0.25, -0.2) is 0 Å². The third-order valence-corrected chi connectivity index (χ3v) is 10.9. The Kier molecular flexibility index (Phi) is 44.5. The number of nitrogens with one attached hydrogen (secondary N) is 1. The van der Waals surface area contributed by atoms with Crippen LogP contribution >= 0.6 is 7.82 Å². The van der Waals surface area contributed by atoms with Crippen molar-refractivity contribution in [2.24, 2.45) is 0 Å². The third kappa shape index (κ3) is 49.8. The number of aliphatic hydroxyl groups is 1. The van der Waals surface area contributed by atoms with Crippen LogP contribution in [0.5, 0.6) is 0 Å². The molecule has 1 amide bonds. The largest absolute Gasteiger partial charge is 0.756 e. The smallest absolute Gasteiger partial charge is 0.268 e. The van der Waals surface area contributed by atoms with E-state index in [-0.39, 0.29) is 18.9 Å². The second kappa shape index (κ2) is 47.2. The van der Waals surface area contributed by atoms with Gasteiger partial charge in [-0.2, -0.15) is 0 Å². The van der Waals surface area contributed by atoms with Crippen LogP contribution in [0.1, 0.15) is 149 Å². The third-order valence-electron chi connectivity index (χ3n) is 9.97. The minimum atomic E-state index is -4.61. The van der Waals surface area contributed by atoms with Crippen molar-refractivity contribution < 1.29 is 32.9 Å². The summed E-state index contributed by atoms with van der Waals surface area (Å²) in [6.07, 6.45) is 74.8. The standard InChI is InChI=1S/C58H93N2O6P/c1-6-8-10-12-14-16-17-18-19-20-21-22-23-24-25-26-27-28-29-30-31-32-33-34-35-36-37-38-39-40-41-42-43-44-46-48-50-52-58(62)59-56(55-66-67(63,64)65-54-53-60(3,4)5)57(61)51-49-47-45-15-13-11-9-7-2/h8,10,13-16,18-19,21-22,24-25,27-28,30-31,33-34,36-37,39-40,42-43,49,51,56-57,61H,6-7,9,11-12,17,20,23,26,29,32,35,38,41,44-48,50,52-55H2,1-5H3,(H-,59,62,63,64)/b10-8-,15-13+,16-14-,19-18-,22-21-,25-24-,28-27-,31-30-,34-33-,37-36-,40-39-,43-42-,51-49+. The van der Waals surface area contributed by atoms with Crippen LogP contribution in [0.3, 0.4) is 0 Å². The molecule has 0 rings (SSSR count). The van der Waals surface area contributed by atoms with Crippen LogP contribution in [0, 0.1) is 0 Å². The van der Waals surface area contributed by atoms with Crippen LogP contribution in [0.4, 0.5) is 0 Å². The van der Waals surface area contributed by atoms with Gasteiger partial charge in [0.1, 0.15) is 13.2 Å². The first-order valence-electron chi connectivity index (χ1n) is 25.3. The molecule has 0 spiro atoms. The second-order valence-corrected chi connectivity index (χ2v) is 18.8. The number of unbranched alkanes of at least 4 members (excludes halogenated alkanes) is 6. The Balaban J connectivity index is 4.20. The summed E-state index contributed by atoms with van der Waals surface area (Å²) < 4.78 is 23.1. The molecule has 0 aromatic carbocycles. The Hall–Kier alpha value is -3.88. The summed E-state index contributed by atoms with van der Waals surface area (Å²) in [6.45, 7) is 4.36. The predicted octanol–water partition coefficient (Wildman–Crippen LogP) is 14.5. The zero-order valence-electron chi connectivity index (χ0n) is 42.5. The first-order chi connectivity index (χ1) is 32.5. The average molecular weight is 945 g/mol. The highest BCUT2D eigenvalue weighted by Crippen LogP contribution is 2.38. The summed E-state index contributed by atoms with van der Waals surface area (Å²) in [4.78, 5) is 25.2. The predicted molar refractivity (Wildman–Crippen MR) is 287 cm³/mol. The lowest BCUT2D eigenvalue weighted by Gasteiger charge is -2.29. The molecule has 0 aliphatic heterocycles. The van der Waals surface area contributed by atoms with E-state index in [0.29, 0.717) is 17.4 Å². The van der Waals surface area contributed by atoms with Gasteiger partial charge >= 0.3 is 0 Å². The molecule has 0 radical (unpaired) electrons. The van der Waals surface area contributed by atoms with Crippen molar-refractivity contribution >= 4 is 13.7 Å². The van der Waals surface area contributed by atoms with Crippen LogP contribution < -0.4 is 10.2 Å². The highest BCUT2D eigenvalue weighted by atomic mass is 31.2. The molecule has 9 heteroatoms. The Morgan fingerprint density at radius 2 is 0.925 bits per heavy atom. The zero-order valence-corrected chi connectivity index (χ0v) is 43.4. The fourth-order valence-electron chi connectivity index (χ4n) is 5.98. The number of phosphoric acid groups is 1. The van der Waals surface area contributed by atoms with Gasteiger partial charge in [0.05, 0.1) is 39.9 Å². The van der Waals surface area contributed by atoms with Gasteiger partial charge in [0.25, 0.3) is 7.82 Å². The molecule has 0 aromatic rings. The lowest BCUT2D eigenvalue weighted by molar-refractivity contribution is -0.870. The summed E-state index contributed by atoms with van der Waals surface area (Å²) in [5, 5.41) is 13.6. The number of hydrogen-bond acceptors (Lipinski definition) is 6. The van der Waals surface area contributed by atoms with Gasteiger partial charge in [-0.1, -0.05) is 191 Å². The molecule has 0 aromatic heterocycles. The number of rotatable bonds is 43. The van der Waals surface area contributed by atoms with E-state index < -0.39 is 26.6 Å². The molecule has 8 nitrogen and oxygen atoms in total. The minimum absolute atomic E-state index is 0.0230. The van der Waals surface area contributed by atoms with Crippen molar-refractivity contribution in [3.63, 3.8) is 0 Å². The molecule has 376 valence electrons. The van der Waals surface area contributed by atoms with Crippen molar-refractivity contribution in [3.8, 4) is 0 Å². The molecule has 0 bridgehead atoms. The highest BCUT2D eigenvalue weighted by molar-refractivity contribution is 7.45. The molecule has 0 aliphatic rings. The normalized spacial score (nSPS) is 15.4. The van der Waals surface area contributed by atoms with Crippen molar-refractivity contribution in [3.05, 3.63) is 158 Å². The number of phosphoric ester groups is 1. The van der Waals surface area contributed by atoms with Crippen molar-refractivity contribution in [2.75, 3.05) is 40.9 Å². The summed E-state index contributed by atoms with van der Waals surface area (Å²) in [7, 11) is 1.19. The fourth-order valence-corrected chi connectivity index (χ4v) is 6.70. The number of likely N-dealkylation sites (N-methyl/N-ethyl adjacent to an activating group) is 1. The Morgan fingerprint density at radius 1 is 0.537 bits per heavy atom. The first kappa shape index (κ1) is 63.1. The van der Waals surface area contributed by atoms with E-state index in [1.54, 1.807) is 6.08 Å². The number of carbonyl (C=O) groups is 1. The molecule has 0 saturated carbocycles. The van der Waals surface area contributed by atoms with Gasteiger partial charge in [0.15, 0.2) is 0 Å². The quantitative estimate of drug-likeness (QED) is 0.0273. The summed E-state index contributed by atoms with van der Waals surface area (Å²) in [5.41, 5.74) is 0. The van der Waals surface area contributed by atoms with E-state index in [1.165, 1.54) is 0 Å². The monoisotopic (exact) mass is 945 g/mol.